The molecule has 62 valence electrons. The average Bonchev–Trinajstić information content (AvgIpc) is 2.05. The number of carbonyl (C=O) groups excluding carboxylic acids is 1. The smallest absolute Gasteiger partial charge is 0.155 e. The Morgan fingerprint density at radius 1 is 1.25 bits per heavy atom. The summed E-state index contributed by atoms with van der Waals surface area (Å²) in [5.74, 6) is -2.08. The molecule has 0 N–H and O–H groups in total. The minimum Gasteiger partial charge on any atom is -0.298 e. The van der Waals surface area contributed by atoms with Gasteiger partial charge in [0.15, 0.2) is 12.1 Å². The summed E-state index contributed by atoms with van der Waals surface area (Å²) in [7, 11) is 0. The van der Waals surface area contributed by atoms with Crippen LogP contribution in [0.25, 0.3) is 0 Å². The van der Waals surface area contributed by atoms with Crippen molar-refractivity contribution in [1.29, 1.82) is 0 Å². The van der Waals surface area contributed by atoms with Crippen molar-refractivity contribution in [3.05, 3.63) is 34.2 Å². The van der Waals surface area contributed by atoms with E-state index in [1.165, 1.54) is 0 Å². The zero-order valence-corrected chi connectivity index (χ0v) is 5.75. The van der Waals surface area contributed by atoms with Crippen LogP contribution in [0.2, 0.25) is 0 Å². The third-order valence-corrected chi connectivity index (χ3v) is 1.29. The molecular formula is C7H3F2NO2. The Bertz CT molecular complexity index is 309. The SMILES string of the molecule is O=Cc1cc(N=O)c(F)cc1F. The molecular weight excluding hydrogens is 168 g/mol. The van der Waals surface area contributed by atoms with Gasteiger partial charge in [0.2, 0.25) is 0 Å². The maximum absolute atomic E-state index is 12.6. The summed E-state index contributed by atoms with van der Waals surface area (Å²) in [5, 5.41) is 2.27. The Balaban J connectivity index is 3.36. The third-order valence-electron chi connectivity index (χ3n) is 1.29. The molecule has 0 aliphatic heterocycles. The molecule has 0 aromatic heterocycles. The molecule has 0 atom stereocenters. The first-order valence-electron chi connectivity index (χ1n) is 2.96. The minimum atomic E-state index is -1.08. The number of benzene rings is 1. The van der Waals surface area contributed by atoms with E-state index >= 15 is 0 Å². The molecule has 0 unspecified atom stereocenters. The van der Waals surface area contributed by atoms with E-state index in [0.717, 1.165) is 6.07 Å². The highest BCUT2D eigenvalue weighted by Gasteiger charge is 2.08. The van der Waals surface area contributed by atoms with Gasteiger partial charge in [-0.1, -0.05) is 0 Å². The van der Waals surface area contributed by atoms with Crippen LogP contribution in [-0.4, -0.2) is 6.29 Å². The molecule has 0 amide bonds. The molecule has 0 bridgehead atoms. The van der Waals surface area contributed by atoms with Gasteiger partial charge in [-0.2, -0.15) is 0 Å². The number of aldehydes is 1. The van der Waals surface area contributed by atoms with E-state index in [2.05, 4.69) is 5.18 Å². The molecule has 1 aromatic rings. The monoisotopic (exact) mass is 171 g/mol. The van der Waals surface area contributed by atoms with Gasteiger partial charge in [-0.15, -0.1) is 4.91 Å². The van der Waals surface area contributed by atoms with Crippen LogP contribution in [0.1, 0.15) is 10.4 Å². The summed E-state index contributed by atoms with van der Waals surface area (Å²) < 4.78 is 25.1. The first kappa shape index (κ1) is 8.45. The van der Waals surface area contributed by atoms with Crippen molar-refractivity contribution < 1.29 is 13.6 Å². The summed E-state index contributed by atoms with van der Waals surface area (Å²) in [6.45, 7) is 0. The Hall–Kier alpha value is -1.65. The number of nitrogens with zero attached hydrogens (tertiary/aromatic N) is 1. The first-order valence-corrected chi connectivity index (χ1v) is 2.96. The highest BCUT2D eigenvalue weighted by atomic mass is 19.1. The lowest BCUT2D eigenvalue weighted by atomic mass is 10.2. The first-order chi connectivity index (χ1) is 5.69. The Morgan fingerprint density at radius 2 is 1.92 bits per heavy atom. The Morgan fingerprint density at radius 3 is 2.42 bits per heavy atom. The van der Waals surface area contributed by atoms with Gasteiger partial charge in [0.25, 0.3) is 0 Å². The van der Waals surface area contributed by atoms with Crippen LogP contribution in [0.15, 0.2) is 17.3 Å². The predicted octanol–water partition coefficient (Wildman–Crippen LogP) is 2.18. The van der Waals surface area contributed by atoms with Crippen LogP contribution in [0, 0.1) is 16.5 Å². The van der Waals surface area contributed by atoms with Crippen molar-refractivity contribution >= 4 is 12.0 Å². The zero-order chi connectivity index (χ0) is 9.14. The molecule has 1 aromatic carbocycles. The van der Waals surface area contributed by atoms with E-state index in [-0.39, 0.29) is 11.8 Å². The highest BCUT2D eigenvalue weighted by molar-refractivity contribution is 5.77. The fourth-order valence-corrected chi connectivity index (χ4v) is 0.714. The molecule has 0 saturated carbocycles. The summed E-state index contributed by atoms with van der Waals surface area (Å²) in [4.78, 5) is 20.0. The second-order valence-corrected chi connectivity index (χ2v) is 2.03. The summed E-state index contributed by atoms with van der Waals surface area (Å²) in [5.41, 5.74) is -0.954. The molecule has 3 nitrogen and oxygen atoms in total. The molecule has 5 heteroatoms. The van der Waals surface area contributed by atoms with Gasteiger partial charge >= 0.3 is 0 Å². The van der Waals surface area contributed by atoms with Gasteiger partial charge in [0.05, 0.1) is 5.56 Å². The fourth-order valence-electron chi connectivity index (χ4n) is 0.714. The largest absolute Gasteiger partial charge is 0.298 e. The van der Waals surface area contributed by atoms with Crippen LogP contribution in [0.3, 0.4) is 0 Å². The van der Waals surface area contributed by atoms with Gasteiger partial charge in [0.1, 0.15) is 11.5 Å². The Kier molecular flexibility index (Phi) is 2.23. The second-order valence-electron chi connectivity index (χ2n) is 2.03. The van der Waals surface area contributed by atoms with Crippen molar-refractivity contribution in [3.8, 4) is 0 Å². The normalized spacial score (nSPS) is 9.50. The topological polar surface area (TPSA) is 46.5 Å². The van der Waals surface area contributed by atoms with E-state index in [4.69, 9.17) is 0 Å². The number of hydrogen-bond acceptors (Lipinski definition) is 3. The van der Waals surface area contributed by atoms with Gasteiger partial charge in [-0.3, -0.25) is 4.79 Å². The van der Waals surface area contributed by atoms with Crippen LogP contribution >= 0.6 is 0 Å². The lowest BCUT2D eigenvalue weighted by Gasteiger charge is -1.95. The number of halogens is 2. The number of rotatable bonds is 2. The van der Waals surface area contributed by atoms with E-state index in [0.29, 0.717) is 6.07 Å². The van der Waals surface area contributed by atoms with Crippen LogP contribution in [0.4, 0.5) is 14.5 Å². The van der Waals surface area contributed by atoms with E-state index in [1.54, 1.807) is 0 Å². The molecule has 0 fully saturated rings. The van der Waals surface area contributed by atoms with Gasteiger partial charge < -0.3 is 0 Å². The number of nitroso groups, excluding NO2 is 1. The van der Waals surface area contributed by atoms with Gasteiger partial charge in [-0.25, -0.2) is 8.78 Å². The van der Waals surface area contributed by atoms with Crippen molar-refractivity contribution in [2.45, 2.75) is 0 Å². The average molecular weight is 171 g/mol. The number of carbonyl (C=O) groups is 1. The van der Waals surface area contributed by atoms with Crippen molar-refractivity contribution in [3.63, 3.8) is 0 Å². The molecule has 0 radical (unpaired) electrons. The van der Waals surface area contributed by atoms with Crippen molar-refractivity contribution in [2.75, 3.05) is 0 Å². The fraction of sp³-hybridized carbons (Fsp3) is 0. The van der Waals surface area contributed by atoms with Crippen LogP contribution < -0.4 is 0 Å². The van der Waals surface area contributed by atoms with Crippen LogP contribution in [-0.2, 0) is 0 Å². The molecule has 1 rings (SSSR count). The maximum Gasteiger partial charge on any atom is 0.155 e. The molecule has 0 spiro atoms. The maximum atomic E-state index is 12.6. The lowest BCUT2D eigenvalue weighted by Crippen LogP contribution is -1.89. The molecule has 0 aliphatic carbocycles. The minimum absolute atomic E-state index is 0.184. The second kappa shape index (κ2) is 3.17. The van der Waals surface area contributed by atoms with E-state index in [1.807, 2.05) is 0 Å². The third kappa shape index (κ3) is 1.34. The molecule has 0 heterocycles. The molecule has 12 heavy (non-hydrogen) atoms. The quantitative estimate of drug-likeness (QED) is 0.505. The zero-order valence-electron chi connectivity index (χ0n) is 5.75. The molecule has 0 saturated heterocycles. The predicted molar refractivity (Wildman–Crippen MR) is 37.2 cm³/mol. The standard InChI is InChI=1S/C7H3F2NO2/c8-5-2-6(9)7(10-12)1-4(5)3-11/h1-3H. The lowest BCUT2D eigenvalue weighted by molar-refractivity contribution is 0.112. The summed E-state index contributed by atoms with van der Waals surface area (Å²) in [6, 6.07) is 1.20. The van der Waals surface area contributed by atoms with Gasteiger partial charge in [0, 0.05) is 6.07 Å². The van der Waals surface area contributed by atoms with Crippen LogP contribution in [0.5, 0.6) is 0 Å². The summed E-state index contributed by atoms with van der Waals surface area (Å²) >= 11 is 0. The summed E-state index contributed by atoms with van der Waals surface area (Å²) in [6.07, 6.45) is 0.184. The van der Waals surface area contributed by atoms with E-state index in [9.17, 15) is 18.5 Å². The molecule has 0 aliphatic rings. The van der Waals surface area contributed by atoms with E-state index < -0.39 is 17.3 Å². The highest BCUT2D eigenvalue weighted by Crippen LogP contribution is 2.20. The Labute approximate surface area is 66.0 Å². The van der Waals surface area contributed by atoms with Crippen molar-refractivity contribution in [2.24, 2.45) is 5.18 Å². The van der Waals surface area contributed by atoms with Gasteiger partial charge in [-0.05, 0) is 11.2 Å². The van der Waals surface area contributed by atoms with Crippen molar-refractivity contribution in [1.82, 2.24) is 0 Å². The number of hydrogen-bond donors (Lipinski definition) is 0.